The van der Waals surface area contributed by atoms with E-state index in [1.54, 1.807) is 0 Å². The molecule has 1 saturated heterocycles. The van der Waals surface area contributed by atoms with E-state index >= 15 is 0 Å². The van der Waals surface area contributed by atoms with E-state index in [1.165, 1.54) is 38.6 Å². The van der Waals surface area contributed by atoms with Crippen molar-refractivity contribution in [1.29, 1.82) is 0 Å². The molecule has 16 heavy (non-hydrogen) atoms. The van der Waals surface area contributed by atoms with Crippen molar-refractivity contribution in [2.45, 2.75) is 56.7 Å². The number of carbonyl (C=O) groups is 1. The summed E-state index contributed by atoms with van der Waals surface area (Å²) in [6.45, 7) is 5.96. The standard InChI is InChI=1S/C11H20N.CH2O2.Li/c1-11(2)6-4-10(5-7-11)12-8-3-9-12;2-1-3;/h8,10H,3-7,9H2,1-2H3;1H,(H,2,3);. The van der Waals surface area contributed by atoms with Gasteiger partial charge in [0, 0.05) is 0 Å². The van der Waals surface area contributed by atoms with Crippen molar-refractivity contribution in [3.63, 3.8) is 0 Å². The molecule has 1 N–H and O–H groups in total. The van der Waals surface area contributed by atoms with Crippen molar-refractivity contribution in [2.24, 2.45) is 5.41 Å². The van der Waals surface area contributed by atoms with Gasteiger partial charge in [0.2, 0.25) is 0 Å². The van der Waals surface area contributed by atoms with Crippen molar-refractivity contribution in [2.75, 3.05) is 6.54 Å². The number of hydrogen-bond donors (Lipinski definition) is 1. The van der Waals surface area contributed by atoms with Crippen LogP contribution in [0.1, 0.15) is 46.0 Å². The average Bonchev–Trinajstić information content (AvgIpc) is 2.20. The predicted molar refractivity (Wildman–Crippen MR) is 65.6 cm³/mol. The third-order valence-electron chi connectivity index (χ3n) is 4.15. The van der Waals surface area contributed by atoms with E-state index < -0.39 is 0 Å². The Bertz CT molecular complexity index is 223. The summed E-state index contributed by atoms with van der Waals surface area (Å²) in [5.41, 5.74) is 0.630. The zero-order valence-electron chi connectivity index (χ0n) is 10.8. The third kappa shape index (κ3) is 3.80. The minimum absolute atomic E-state index is 0.250. The van der Waals surface area contributed by atoms with Gasteiger partial charge in [0.1, 0.15) is 0 Å². The Kier molecular flexibility index (Phi) is 5.37. The van der Waals surface area contributed by atoms with Crippen LogP contribution < -0.4 is 0 Å². The first-order valence-electron chi connectivity index (χ1n) is 6.34. The molecular weight excluding hydrogens is 197 g/mol. The molecule has 1 unspecified atom stereocenters. The van der Waals surface area contributed by atoms with Crippen molar-refractivity contribution < 1.29 is 9.90 Å². The Labute approximate surface area is 108 Å². The zero-order chi connectivity index (χ0) is 12.2. The number of nitrogens with zero attached hydrogens (tertiary/aromatic N) is 1. The molecule has 2 fully saturated rings. The van der Waals surface area contributed by atoms with E-state index in [9.17, 15) is 0 Å². The molecule has 0 amide bonds. The van der Waals surface area contributed by atoms with Gasteiger partial charge in [-0.3, -0.25) is 4.79 Å². The van der Waals surface area contributed by atoms with E-state index in [0.29, 0.717) is 5.41 Å². The van der Waals surface area contributed by atoms with Gasteiger partial charge in [-0.05, 0) is 0 Å². The van der Waals surface area contributed by atoms with Gasteiger partial charge in [-0.25, -0.2) is 0 Å². The first-order chi connectivity index (χ1) is 7.50. The number of hydrogen-bond acceptors (Lipinski definition) is 2. The van der Waals surface area contributed by atoms with Crippen LogP contribution in [0.2, 0.25) is 0 Å². The fourth-order valence-electron chi connectivity index (χ4n) is 2.79. The van der Waals surface area contributed by atoms with Crippen LogP contribution in [-0.4, -0.2) is 51.5 Å². The molecule has 4 heteroatoms. The number of carboxylic acid groups (broad SMARTS) is 1. The zero-order valence-corrected chi connectivity index (χ0v) is 10.8. The SMILES string of the molecule is O=CO.[Li][CH]1CCN1C1CCC(C)(C)CC1. The third-order valence-corrected chi connectivity index (χ3v) is 4.15. The molecule has 1 saturated carbocycles. The minimum atomic E-state index is -0.250. The van der Waals surface area contributed by atoms with Gasteiger partial charge in [0.25, 0.3) is 6.47 Å². The quantitative estimate of drug-likeness (QED) is 0.540. The van der Waals surface area contributed by atoms with Crippen LogP contribution in [0.25, 0.3) is 0 Å². The molecular formula is C12H22LiNO2. The molecule has 1 atom stereocenters. The van der Waals surface area contributed by atoms with Crippen LogP contribution in [0.3, 0.4) is 0 Å². The van der Waals surface area contributed by atoms with Crippen molar-refractivity contribution in [1.82, 2.24) is 4.90 Å². The fourth-order valence-corrected chi connectivity index (χ4v) is 2.79. The fraction of sp³-hybridized carbons (Fsp3) is 0.917. The second kappa shape index (κ2) is 6.09. The summed E-state index contributed by atoms with van der Waals surface area (Å²) in [4.78, 5) is 11.1. The Morgan fingerprint density at radius 2 is 1.81 bits per heavy atom. The molecule has 2 rings (SSSR count). The molecule has 1 heterocycles. The van der Waals surface area contributed by atoms with Crippen LogP contribution in [-0.2, 0) is 4.79 Å². The summed E-state index contributed by atoms with van der Waals surface area (Å²) in [7, 11) is 0. The summed E-state index contributed by atoms with van der Waals surface area (Å²) < 4.78 is 0.881. The van der Waals surface area contributed by atoms with E-state index in [-0.39, 0.29) is 6.47 Å². The van der Waals surface area contributed by atoms with Gasteiger partial charge in [0.15, 0.2) is 0 Å². The second-order valence-electron chi connectivity index (χ2n) is 5.88. The summed E-state index contributed by atoms with van der Waals surface area (Å²) >= 11 is 2.38. The Balaban J connectivity index is 0.000000386. The molecule has 0 spiro atoms. The van der Waals surface area contributed by atoms with E-state index in [0.717, 1.165) is 10.8 Å². The van der Waals surface area contributed by atoms with E-state index in [1.807, 2.05) is 0 Å². The van der Waals surface area contributed by atoms with E-state index in [4.69, 9.17) is 9.90 Å². The molecule has 1 aliphatic heterocycles. The number of likely N-dealkylation sites (tertiary alicyclic amines) is 1. The monoisotopic (exact) mass is 219 g/mol. The van der Waals surface area contributed by atoms with Crippen LogP contribution in [0.15, 0.2) is 0 Å². The van der Waals surface area contributed by atoms with Crippen LogP contribution >= 0.6 is 0 Å². The Morgan fingerprint density at radius 1 is 1.31 bits per heavy atom. The summed E-state index contributed by atoms with van der Waals surface area (Å²) in [5, 5.41) is 6.89. The summed E-state index contributed by atoms with van der Waals surface area (Å²) in [6.07, 6.45) is 7.18. The molecule has 3 nitrogen and oxygen atoms in total. The van der Waals surface area contributed by atoms with Gasteiger partial charge >= 0.3 is 91.3 Å². The van der Waals surface area contributed by atoms with Crippen molar-refractivity contribution in [3.05, 3.63) is 0 Å². The molecule has 2 aliphatic rings. The number of rotatable bonds is 1. The predicted octanol–water partition coefficient (Wildman–Crippen LogP) is 1.86. The van der Waals surface area contributed by atoms with Gasteiger partial charge in [-0.2, -0.15) is 0 Å². The molecule has 1 aliphatic carbocycles. The normalized spacial score (nSPS) is 29.9. The second-order valence-corrected chi connectivity index (χ2v) is 5.88. The van der Waals surface area contributed by atoms with E-state index in [2.05, 4.69) is 36.5 Å². The molecule has 0 aromatic carbocycles. The Morgan fingerprint density at radius 3 is 2.12 bits per heavy atom. The van der Waals surface area contributed by atoms with Gasteiger partial charge in [-0.15, -0.1) is 0 Å². The Hall–Kier alpha value is 0.0274. The van der Waals surface area contributed by atoms with Gasteiger partial charge < -0.3 is 5.11 Å². The van der Waals surface area contributed by atoms with Gasteiger partial charge in [0.05, 0.1) is 0 Å². The van der Waals surface area contributed by atoms with Crippen LogP contribution in [0.5, 0.6) is 0 Å². The maximum absolute atomic E-state index is 8.36. The summed E-state index contributed by atoms with van der Waals surface area (Å²) in [5.74, 6) is 0. The molecule has 0 aromatic heterocycles. The molecule has 0 bridgehead atoms. The first kappa shape index (κ1) is 14.1. The van der Waals surface area contributed by atoms with Crippen LogP contribution in [0.4, 0.5) is 0 Å². The topological polar surface area (TPSA) is 40.5 Å². The molecule has 88 valence electrons. The molecule has 0 radical (unpaired) electrons. The maximum atomic E-state index is 8.36. The van der Waals surface area contributed by atoms with Crippen molar-refractivity contribution >= 4 is 24.2 Å². The van der Waals surface area contributed by atoms with Crippen molar-refractivity contribution in [3.8, 4) is 0 Å². The average molecular weight is 219 g/mol. The first-order valence-corrected chi connectivity index (χ1v) is 6.34. The van der Waals surface area contributed by atoms with Crippen LogP contribution in [0, 0.1) is 5.41 Å². The summed E-state index contributed by atoms with van der Waals surface area (Å²) in [6, 6.07) is 0.928. The van der Waals surface area contributed by atoms with Gasteiger partial charge in [-0.1, -0.05) is 0 Å². The molecule has 0 aromatic rings.